The Hall–Kier alpha value is -1.13. The molecule has 1 aromatic rings. The van der Waals surface area contributed by atoms with E-state index in [1.807, 2.05) is 19.0 Å². The fourth-order valence-corrected chi connectivity index (χ4v) is 1.50. The molecule has 1 aromatic carbocycles. The summed E-state index contributed by atoms with van der Waals surface area (Å²) >= 11 is 0. The maximum Gasteiger partial charge on any atom is 0.123 e. The van der Waals surface area contributed by atoms with Gasteiger partial charge in [0.15, 0.2) is 0 Å². The fraction of sp³-hybridized carbons (Fsp3) is 0.500. The number of aliphatic hydroxyl groups is 1. The number of anilines is 1. The van der Waals surface area contributed by atoms with Crippen LogP contribution in [-0.4, -0.2) is 38.4 Å². The molecule has 0 saturated heterocycles. The summed E-state index contributed by atoms with van der Waals surface area (Å²) in [5, 5.41) is 12.0. The Labute approximate surface area is 95.9 Å². The van der Waals surface area contributed by atoms with Crippen LogP contribution in [0.2, 0.25) is 0 Å². The van der Waals surface area contributed by atoms with Gasteiger partial charge in [0.05, 0.1) is 6.61 Å². The van der Waals surface area contributed by atoms with Crippen molar-refractivity contribution >= 4 is 5.69 Å². The van der Waals surface area contributed by atoms with E-state index < -0.39 is 0 Å². The molecule has 0 fully saturated rings. The molecule has 0 amide bonds. The number of hydrogen-bond acceptors (Lipinski definition) is 3. The van der Waals surface area contributed by atoms with E-state index in [-0.39, 0.29) is 18.5 Å². The van der Waals surface area contributed by atoms with Gasteiger partial charge in [0, 0.05) is 25.3 Å². The molecular weight excluding hydrogens is 207 g/mol. The van der Waals surface area contributed by atoms with Crippen molar-refractivity contribution in [2.24, 2.45) is 0 Å². The van der Waals surface area contributed by atoms with E-state index in [1.165, 1.54) is 12.1 Å². The van der Waals surface area contributed by atoms with Gasteiger partial charge in [-0.3, -0.25) is 0 Å². The molecule has 0 aliphatic rings. The molecule has 0 aromatic heterocycles. The van der Waals surface area contributed by atoms with Crippen LogP contribution < -0.4 is 10.2 Å². The molecule has 3 nitrogen and oxygen atoms in total. The second-order valence-electron chi connectivity index (χ2n) is 3.85. The van der Waals surface area contributed by atoms with E-state index in [2.05, 4.69) is 5.32 Å². The minimum absolute atomic E-state index is 0.114. The summed E-state index contributed by atoms with van der Waals surface area (Å²) in [6, 6.07) is 6.52. The van der Waals surface area contributed by atoms with Crippen molar-refractivity contribution < 1.29 is 9.50 Å². The van der Waals surface area contributed by atoms with Crippen LogP contribution in [0.1, 0.15) is 6.42 Å². The molecular formula is C12H19FN2O. The van der Waals surface area contributed by atoms with Gasteiger partial charge in [-0.2, -0.15) is 0 Å². The van der Waals surface area contributed by atoms with Gasteiger partial charge in [-0.15, -0.1) is 0 Å². The maximum atomic E-state index is 12.7. The van der Waals surface area contributed by atoms with Crippen LogP contribution in [0.15, 0.2) is 24.3 Å². The lowest BCUT2D eigenvalue weighted by atomic mass is 10.2. The van der Waals surface area contributed by atoms with Crippen molar-refractivity contribution in [3.05, 3.63) is 30.1 Å². The highest BCUT2D eigenvalue weighted by atomic mass is 19.1. The van der Waals surface area contributed by atoms with Gasteiger partial charge in [0.25, 0.3) is 0 Å². The van der Waals surface area contributed by atoms with E-state index in [9.17, 15) is 4.39 Å². The summed E-state index contributed by atoms with van der Waals surface area (Å²) in [4.78, 5) is 2.04. The van der Waals surface area contributed by atoms with Gasteiger partial charge in [0.2, 0.25) is 0 Å². The van der Waals surface area contributed by atoms with Gasteiger partial charge in [0.1, 0.15) is 5.82 Å². The van der Waals surface area contributed by atoms with Crippen LogP contribution in [0.3, 0.4) is 0 Å². The summed E-state index contributed by atoms with van der Waals surface area (Å²) in [5.74, 6) is -0.222. The lowest BCUT2D eigenvalue weighted by Crippen LogP contribution is -2.33. The number of benzene rings is 1. The Kier molecular flexibility index (Phi) is 5.22. The molecule has 2 N–H and O–H groups in total. The predicted molar refractivity (Wildman–Crippen MR) is 64.2 cm³/mol. The minimum Gasteiger partial charge on any atom is -0.395 e. The van der Waals surface area contributed by atoms with E-state index in [4.69, 9.17) is 5.11 Å². The number of aliphatic hydroxyl groups excluding tert-OH is 1. The Balaban J connectivity index is 2.46. The molecule has 0 bridgehead atoms. The SMILES string of the molecule is CNC(CO)CCN(C)c1ccc(F)cc1. The van der Waals surface area contributed by atoms with Gasteiger partial charge in [-0.25, -0.2) is 4.39 Å². The molecule has 1 rings (SSSR count). The molecule has 0 saturated carbocycles. The van der Waals surface area contributed by atoms with Crippen molar-refractivity contribution in [2.45, 2.75) is 12.5 Å². The zero-order chi connectivity index (χ0) is 12.0. The number of rotatable bonds is 6. The smallest absolute Gasteiger partial charge is 0.123 e. The highest BCUT2D eigenvalue weighted by Gasteiger charge is 2.06. The Morgan fingerprint density at radius 1 is 1.38 bits per heavy atom. The predicted octanol–water partition coefficient (Wildman–Crippen LogP) is 1.23. The first-order valence-corrected chi connectivity index (χ1v) is 5.42. The zero-order valence-electron chi connectivity index (χ0n) is 9.78. The number of hydrogen-bond donors (Lipinski definition) is 2. The van der Waals surface area contributed by atoms with Crippen LogP contribution in [0.4, 0.5) is 10.1 Å². The zero-order valence-corrected chi connectivity index (χ0v) is 9.78. The average molecular weight is 226 g/mol. The van der Waals surface area contributed by atoms with Crippen molar-refractivity contribution in [3.8, 4) is 0 Å². The molecule has 0 aliphatic carbocycles. The van der Waals surface area contributed by atoms with E-state index in [1.54, 1.807) is 12.1 Å². The lowest BCUT2D eigenvalue weighted by molar-refractivity contribution is 0.243. The Morgan fingerprint density at radius 3 is 2.50 bits per heavy atom. The van der Waals surface area contributed by atoms with Crippen LogP contribution in [0.5, 0.6) is 0 Å². The van der Waals surface area contributed by atoms with Crippen LogP contribution in [-0.2, 0) is 0 Å². The molecule has 90 valence electrons. The van der Waals surface area contributed by atoms with Crippen molar-refractivity contribution in [2.75, 3.05) is 32.1 Å². The standard InChI is InChI=1S/C12H19FN2O/c1-14-11(9-16)7-8-15(2)12-5-3-10(13)4-6-12/h3-6,11,14,16H,7-9H2,1-2H3. The normalized spacial score (nSPS) is 12.5. The van der Waals surface area contributed by atoms with E-state index >= 15 is 0 Å². The maximum absolute atomic E-state index is 12.7. The summed E-state index contributed by atoms with van der Waals surface area (Å²) < 4.78 is 12.7. The number of halogens is 1. The second-order valence-corrected chi connectivity index (χ2v) is 3.85. The first kappa shape index (κ1) is 12.9. The molecule has 0 radical (unpaired) electrons. The molecule has 0 aliphatic heterocycles. The Morgan fingerprint density at radius 2 is 2.00 bits per heavy atom. The van der Waals surface area contributed by atoms with Crippen LogP contribution in [0, 0.1) is 5.82 Å². The first-order valence-electron chi connectivity index (χ1n) is 5.42. The van der Waals surface area contributed by atoms with Gasteiger partial charge in [-0.05, 0) is 37.7 Å². The van der Waals surface area contributed by atoms with Crippen molar-refractivity contribution in [3.63, 3.8) is 0 Å². The lowest BCUT2D eigenvalue weighted by Gasteiger charge is -2.22. The average Bonchev–Trinajstić information content (AvgIpc) is 2.31. The number of likely N-dealkylation sites (N-methyl/N-ethyl adjacent to an activating group) is 1. The second kappa shape index (κ2) is 6.45. The van der Waals surface area contributed by atoms with Crippen molar-refractivity contribution in [1.29, 1.82) is 0 Å². The number of nitrogens with zero attached hydrogens (tertiary/aromatic N) is 1. The first-order chi connectivity index (χ1) is 7.67. The van der Waals surface area contributed by atoms with Gasteiger partial charge in [-0.1, -0.05) is 0 Å². The largest absolute Gasteiger partial charge is 0.395 e. The highest BCUT2D eigenvalue weighted by molar-refractivity contribution is 5.45. The third-order valence-corrected chi connectivity index (χ3v) is 2.71. The number of nitrogens with one attached hydrogen (secondary N) is 1. The van der Waals surface area contributed by atoms with Gasteiger partial charge >= 0.3 is 0 Å². The molecule has 1 atom stereocenters. The summed E-state index contributed by atoms with van der Waals surface area (Å²) in [5.41, 5.74) is 0.981. The minimum atomic E-state index is -0.222. The fourth-order valence-electron chi connectivity index (χ4n) is 1.50. The highest BCUT2D eigenvalue weighted by Crippen LogP contribution is 2.13. The van der Waals surface area contributed by atoms with Crippen LogP contribution in [0.25, 0.3) is 0 Å². The summed E-state index contributed by atoms with van der Waals surface area (Å²) in [6.45, 7) is 0.950. The molecule has 4 heteroatoms. The van der Waals surface area contributed by atoms with Crippen LogP contribution >= 0.6 is 0 Å². The Bertz CT molecular complexity index is 298. The topological polar surface area (TPSA) is 35.5 Å². The van der Waals surface area contributed by atoms with Crippen molar-refractivity contribution in [1.82, 2.24) is 5.32 Å². The quantitative estimate of drug-likeness (QED) is 0.766. The summed E-state index contributed by atoms with van der Waals surface area (Å²) in [7, 11) is 3.79. The monoisotopic (exact) mass is 226 g/mol. The molecule has 1 unspecified atom stereocenters. The van der Waals surface area contributed by atoms with Gasteiger partial charge < -0.3 is 15.3 Å². The molecule has 16 heavy (non-hydrogen) atoms. The van der Waals surface area contributed by atoms with E-state index in [0.717, 1.165) is 18.7 Å². The summed E-state index contributed by atoms with van der Waals surface area (Å²) in [6.07, 6.45) is 0.848. The molecule has 0 heterocycles. The molecule has 0 spiro atoms. The third kappa shape index (κ3) is 3.79. The van der Waals surface area contributed by atoms with E-state index in [0.29, 0.717) is 0 Å². The third-order valence-electron chi connectivity index (χ3n) is 2.71.